The minimum Gasteiger partial charge on any atom is -0.507 e. The molecule has 2 aromatic carbocycles. The Balaban J connectivity index is 1.90. The van der Waals surface area contributed by atoms with Gasteiger partial charge in [-0.15, -0.1) is 0 Å². The lowest BCUT2D eigenvalue weighted by atomic mass is 9.94. The monoisotopic (exact) mass is 466 g/mol. The minimum atomic E-state index is -1.17. The van der Waals surface area contributed by atoms with E-state index < -0.39 is 29.3 Å². The summed E-state index contributed by atoms with van der Waals surface area (Å²) in [6.07, 6.45) is 1.56. The molecule has 4 rings (SSSR count). The lowest BCUT2D eigenvalue weighted by Crippen LogP contribution is -2.30. The fraction of sp³-hybridized carbons (Fsp3) is 0.160. The van der Waals surface area contributed by atoms with Crippen LogP contribution in [0.3, 0.4) is 0 Å². The Kier molecular flexibility index (Phi) is 6.42. The number of pyridine rings is 1. The maximum atomic E-state index is 14.9. The van der Waals surface area contributed by atoms with Crippen molar-refractivity contribution >= 4 is 29.1 Å². The molecule has 8 heteroatoms. The van der Waals surface area contributed by atoms with Gasteiger partial charge in [0.1, 0.15) is 17.3 Å². The molecule has 2 heterocycles. The number of carbonyl (C=O) groups excluding carboxylic acids is 2. The molecule has 1 aliphatic heterocycles. The van der Waals surface area contributed by atoms with Gasteiger partial charge in [0.25, 0.3) is 11.7 Å². The Morgan fingerprint density at radius 2 is 1.91 bits per heavy atom. The average Bonchev–Trinajstić information content (AvgIpc) is 3.06. The number of carbonyl (C=O) groups is 2. The molecule has 0 saturated carbocycles. The van der Waals surface area contributed by atoms with Gasteiger partial charge in [-0.25, -0.2) is 4.39 Å². The van der Waals surface area contributed by atoms with Gasteiger partial charge in [0.2, 0.25) is 0 Å². The summed E-state index contributed by atoms with van der Waals surface area (Å²) in [5.41, 5.74) is 0.444. The zero-order valence-corrected chi connectivity index (χ0v) is 18.4. The van der Waals surface area contributed by atoms with E-state index in [0.717, 1.165) is 0 Å². The molecule has 168 valence electrons. The number of benzene rings is 2. The summed E-state index contributed by atoms with van der Waals surface area (Å²) in [5.74, 6) is -2.50. The van der Waals surface area contributed by atoms with Gasteiger partial charge in [0.15, 0.2) is 0 Å². The highest BCUT2D eigenvalue weighted by molar-refractivity contribution is 6.47. The molecular weight excluding hydrogens is 447 g/mol. The second kappa shape index (κ2) is 9.42. The summed E-state index contributed by atoms with van der Waals surface area (Å²) in [6.45, 7) is 2.13. The van der Waals surface area contributed by atoms with Gasteiger partial charge in [0, 0.05) is 17.3 Å². The Morgan fingerprint density at radius 3 is 2.61 bits per heavy atom. The molecular formula is C25H20ClFN2O4. The van der Waals surface area contributed by atoms with Gasteiger partial charge in [-0.1, -0.05) is 35.9 Å². The molecule has 0 aliphatic carbocycles. The summed E-state index contributed by atoms with van der Waals surface area (Å²) in [6, 6.07) is 14.4. The van der Waals surface area contributed by atoms with E-state index in [4.69, 9.17) is 16.3 Å². The molecule has 0 spiro atoms. The van der Waals surface area contributed by atoms with Gasteiger partial charge in [-0.2, -0.15) is 0 Å². The van der Waals surface area contributed by atoms with Crippen LogP contribution in [0, 0.1) is 5.82 Å². The van der Waals surface area contributed by atoms with Crippen molar-refractivity contribution in [2.75, 3.05) is 6.61 Å². The number of halogens is 2. The Hall–Kier alpha value is -3.71. The number of aromatic nitrogens is 1. The molecule has 1 atom stereocenters. The van der Waals surface area contributed by atoms with Gasteiger partial charge >= 0.3 is 0 Å². The first kappa shape index (κ1) is 22.5. The van der Waals surface area contributed by atoms with Crippen LogP contribution in [0.25, 0.3) is 5.76 Å². The third-order valence-electron chi connectivity index (χ3n) is 5.30. The maximum Gasteiger partial charge on any atom is 0.296 e. The first-order chi connectivity index (χ1) is 15.9. The van der Waals surface area contributed by atoms with Crippen LogP contribution in [0.4, 0.5) is 4.39 Å². The Morgan fingerprint density at radius 1 is 1.15 bits per heavy atom. The summed E-state index contributed by atoms with van der Waals surface area (Å²) in [4.78, 5) is 31.6. The lowest BCUT2D eigenvalue weighted by molar-refractivity contribution is -0.140. The number of hydrogen-bond acceptors (Lipinski definition) is 5. The van der Waals surface area contributed by atoms with Crippen molar-refractivity contribution in [3.05, 3.63) is 100 Å². The van der Waals surface area contributed by atoms with Gasteiger partial charge < -0.3 is 14.7 Å². The van der Waals surface area contributed by atoms with Crippen molar-refractivity contribution in [2.45, 2.75) is 19.5 Å². The quantitative estimate of drug-likeness (QED) is 0.318. The van der Waals surface area contributed by atoms with Crippen molar-refractivity contribution in [3.8, 4) is 5.75 Å². The second-order valence-corrected chi connectivity index (χ2v) is 7.75. The smallest absolute Gasteiger partial charge is 0.296 e. The maximum absolute atomic E-state index is 14.9. The number of ether oxygens (including phenoxy) is 1. The number of nitrogens with zero attached hydrogens (tertiary/aromatic N) is 2. The van der Waals surface area contributed by atoms with Crippen molar-refractivity contribution in [2.24, 2.45) is 0 Å². The molecule has 0 radical (unpaired) electrons. The molecule has 6 nitrogen and oxygen atoms in total. The fourth-order valence-electron chi connectivity index (χ4n) is 3.82. The van der Waals surface area contributed by atoms with Crippen LogP contribution in [0.2, 0.25) is 5.02 Å². The normalized spacial score (nSPS) is 17.4. The van der Waals surface area contributed by atoms with Gasteiger partial charge in [-0.3, -0.25) is 14.6 Å². The first-order valence-corrected chi connectivity index (χ1v) is 10.7. The number of hydrogen-bond donors (Lipinski definition) is 1. The van der Waals surface area contributed by atoms with Crippen molar-refractivity contribution < 1.29 is 23.8 Å². The summed E-state index contributed by atoms with van der Waals surface area (Å²) in [5, 5.41) is 11.3. The summed E-state index contributed by atoms with van der Waals surface area (Å²) < 4.78 is 20.3. The minimum absolute atomic E-state index is 0.0477. The first-order valence-electron chi connectivity index (χ1n) is 10.3. The van der Waals surface area contributed by atoms with Crippen LogP contribution in [0.5, 0.6) is 5.75 Å². The highest BCUT2D eigenvalue weighted by Gasteiger charge is 2.47. The van der Waals surface area contributed by atoms with E-state index in [-0.39, 0.29) is 28.3 Å². The zero-order valence-electron chi connectivity index (χ0n) is 17.7. The van der Waals surface area contributed by atoms with E-state index in [1.54, 1.807) is 43.5 Å². The number of aliphatic hydroxyl groups excluding tert-OH is 1. The molecule has 0 bridgehead atoms. The molecule has 1 saturated heterocycles. The number of likely N-dealkylation sites (tertiary alicyclic amines) is 1. The topological polar surface area (TPSA) is 79.7 Å². The van der Waals surface area contributed by atoms with E-state index in [1.807, 2.05) is 0 Å². The number of Topliss-reactive ketones (excluding diaryl/α,β-unsaturated/α-hetero) is 1. The zero-order chi connectivity index (χ0) is 23.5. The molecule has 3 aromatic rings. The average molecular weight is 467 g/mol. The van der Waals surface area contributed by atoms with Crippen LogP contribution in [-0.4, -0.2) is 33.3 Å². The van der Waals surface area contributed by atoms with Crippen molar-refractivity contribution in [1.29, 1.82) is 0 Å². The molecule has 1 N–H and O–H groups in total. The molecule has 1 aliphatic rings. The number of aliphatic hydroxyl groups is 1. The SMILES string of the molecule is CCOc1ccc(Cl)c(/C(O)=C2\C(=O)C(=O)N(Cc3ccccn3)C2c2ccccc2F)c1. The Labute approximate surface area is 194 Å². The third-order valence-corrected chi connectivity index (χ3v) is 5.63. The molecule has 1 fully saturated rings. The van der Waals surface area contributed by atoms with E-state index >= 15 is 0 Å². The van der Waals surface area contributed by atoms with Crippen molar-refractivity contribution in [1.82, 2.24) is 9.88 Å². The van der Waals surface area contributed by atoms with E-state index in [0.29, 0.717) is 18.1 Å². The fourth-order valence-corrected chi connectivity index (χ4v) is 4.02. The predicted octanol–water partition coefficient (Wildman–Crippen LogP) is 4.89. The Bertz CT molecular complexity index is 1250. The standard InChI is InChI=1S/C25H20ClFN2O4/c1-2-33-16-10-11-19(26)18(13-16)23(30)21-22(17-8-3-4-9-20(17)27)29(25(32)24(21)31)14-15-7-5-6-12-28-15/h3-13,22,30H,2,14H2,1H3/b23-21+. The van der Waals surface area contributed by atoms with Crippen LogP contribution in [0.1, 0.15) is 29.8 Å². The highest BCUT2D eigenvalue weighted by atomic mass is 35.5. The summed E-state index contributed by atoms with van der Waals surface area (Å²) in [7, 11) is 0. The van der Waals surface area contributed by atoms with E-state index in [1.165, 1.54) is 35.2 Å². The number of rotatable bonds is 6. The van der Waals surface area contributed by atoms with E-state index in [2.05, 4.69) is 4.98 Å². The molecule has 1 amide bonds. The van der Waals surface area contributed by atoms with Gasteiger partial charge in [-0.05, 0) is 43.3 Å². The van der Waals surface area contributed by atoms with Gasteiger partial charge in [0.05, 0.1) is 35.5 Å². The highest BCUT2D eigenvalue weighted by Crippen LogP contribution is 2.42. The molecule has 33 heavy (non-hydrogen) atoms. The van der Waals surface area contributed by atoms with E-state index in [9.17, 15) is 19.1 Å². The van der Waals surface area contributed by atoms with Crippen LogP contribution in [0.15, 0.2) is 72.4 Å². The van der Waals surface area contributed by atoms with Crippen LogP contribution in [-0.2, 0) is 16.1 Å². The number of amides is 1. The molecule has 1 unspecified atom stereocenters. The largest absolute Gasteiger partial charge is 0.507 e. The number of ketones is 1. The van der Waals surface area contributed by atoms with Crippen LogP contribution < -0.4 is 4.74 Å². The summed E-state index contributed by atoms with van der Waals surface area (Å²) >= 11 is 6.30. The van der Waals surface area contributed by atoms with Crippen molar-refractivity contribution in [3.63, 3.8) is 0 Å². The molecule has 1 aromatic heterocycles. The third kappa shape index (κ3) is 4.32. The lowest BCUT2D eigenvalue weighted by Gasteiger charge is -2.25. The predicted molar refractivity (Wildman–Crippen MR) is 121 cm³/mol. The second-order valence-electron chi connectivity index (χ2n) is 7.34. The van der Waals surface area contributed by atoms with Crippen LogP contribution >= 0.6 is 11.6 Å².